The summed E-state index contributed by atoms with van der Waals surface area (Å²) < 4.78 is 36.9. The Kier molecular flexibility index (Phi) is 14.1. The molecule has 0 spiro atoms. The molecule has 2 fully saturated rings. The van der Waals surface area contributed by atoms with Crippen molar-refractivity contribution in [2.75, 3.05) is 47.7 Å². The standard InChI is InChI=1S/C43H56N2O11/c1-5-21-53-43-38(45(2)42(49)51-4)26-35(44-56-39-14-8-11-22-52-39)33-24-28(12-6-9-19-46)32(13-7-10-20-47)40(41(33)43)34-25-31(16-18-37(34)55-43)54-30-15-17-36(50-3)29(23-30)27-48/h5,15-18,23-25,27-28,32,38-41,46-47H,1,6-14,19-22,26H2,2-4H3/t28-,32+,38-,39?,40+,41+,43+/m0/s1. The second-order valence-corrected chi connectivity index (χ2v) is 14.9. The number of aliphatic hydroxyl groups excluding tert-OH is 2. The average Bonchev–Trinajstić information content (AvgIpc) is 3.23. The van der Waals surface area contributed by atoms with Crippen LogP contribution >= 0.6 is 0 Å². The molecule has 2 aliphatic heterocycles. The first-order valence-corrected chi connectivity index (χ1v) is 19.8. The van der Waals surface area contributed by atoms with Crippen LogP contribution in [-0.4, -0.2) is 99.0 Å². The maximum atomic E-state index is 13.4. The van der Waals surface area contributed by atoms with E-state index < -0.39 is 30.1 Å². The molecule has 6 rings (SSSR count). The number of carbonyl (C=O) groups is 2. The number of nitrogens with zero attached hydrogens (tertiary/aromatic N) is 2. The summed E-state index contributed by atoms with van der Waals surface area (Å²) in [7, 11) is 4.54. The van der Waals surface area contributed by atoms with Crippen LogP contribution < -0.4 is 14.2 Å². The minimum absolute atomic E-state index is 0.0345. The molecular formula is C43H56N2O11. The number of likely N-dealkylation sites (N-methyl/N-ethyl adjacent to an activating group) is 1. The summed E-state index contributed by atoms with van der Waals surface area (Å²) in [5, 5.41) is 24.5. The molecular weight excluding hydrogens is 720 g/mol. The van der Waals surface area contributed by atoms with Crippen LogP contribution in [0.4, 0.5) is 4.79 Å². The molecule has 2 aromatic rings. The van der Waals surface area contributed by atoms with E-state index in [4.69, 9.17) is 38.4 Å². The van der Waals surface area contributed by atoms with Crippen LogP contribution in [0, 0.1) is 17.8 Å². The molecule has 1 saturated carbocycles. The van der Waals surface area contributed by atoms with Crippen molar-refractivity contribution in [2.24, 2.45) is 22.9 Å². The number of rotatable bonds is 18. The van der Waals surface area contributed by atoms with Crippen LogP contribution in [0.25, 0.3) is 0 Å². The molecule has 0 radical (unpaired) electrons. The van der Waals surface area contributed by atoms with E-state index in [9.17, 15) is 19.8 Å². The van der Waals surface area contributed by atoms with Crippen LogP contribution in [0.15, 0.2) is 65.9 Å². The Hall–Kier alpha value is -4.43. The minimum atomic E-state index is -1.40. The number of allylic oxidation sites excluding steroid dienone is 1. The lowest BCUT2D eigenvalue weighted by Gasteiger charge is -2.59. The quantitative estimate of drug-likeness (QED) is 0.0686. The smallest absolute Gasteiger partial charge is 0.409 e. The highest BCUT2D eigenvalue weighted by molar-refractivity contribution is 6.03. The number of hydrogen-bond donors (Lipinski definition) is 2. The van der Waals surface area contributed by atoms with Crippen molar-refractivity contribution < 1.29 is 53.1 Å². The van der Waals surface area contributed by atoms with Crippen LogP contribution in [-0.2, 0) is 19.0 Å². The van der Waals surface area contributed by atoms with Crippen molar-refractivity contribution in [1.29, 1.82) is 0 Å². The van der Waals surface area contributed by atoms with Gasteiger partial charge in [-0.05, 0) is 92.3 Å². The molecule has 2 aliphatic carbocycles. The van der Waals surface area contributed by atoms with Gasteiger partial charge >= 0.3 is 6.09 Å². The summed E-state index contributed by atoms with van der Waals surface area (Å²) in [6.07, 6.45) is 11.1. The van der Waals surface area contributed by atoms with Gasteiger partial charge in [-0.2, -0.15) is 0 Å². The molecule has 304 valence electrons. The lowest BCUT2D eigenvalue weighted by Crippen LogP contribution is -2.69. The highest BCUT2D eigenvalue weighted by atomic mass is 16.8. The zero-order valence-corrected chi connectivity index (χ0v) is 32.7. The highest BCUT2D eigenvalue weighted by Crippen LogP contribution is 2.62. The number of unbranched alkanes of at least 4 members (excludes halogenated alkanes) is 2. The number of fused-ring (bicyclic) bond motifs is 2. The number of amides is 1. The van der Waals surface area contributed by atoms with Crippen molar-refractivity contribution in [3.05, 3.63) is 71.8 Å². The summed E-state index contributed by atoms with van der Waals surface area (Å²) >= 11 is 0. The first kappa shape index (κ1) is 41.2. The largest absolute Gasteiger partial charge is 0.496 e. The fourth-order valence-electron chi connectivity index (χ4n) is 8.98. The van der Waals surface area contributed by atoms with Crippen LogP contribution in [0.1, 0.15) is 86.0 Å². The topological polar surface area (TPSA) is 155 Å². The zero-order chi connectivity index (χ0) is 39.7. The predicted octanol–water partition coefficient (Wildman–Crippen LogP) is 7.16. The third-order valence-corrected chi connectivity index (χ3v) is 11.6. The van der Waals surface area contributed by atoms with Gasteiger partial charge in [0.05, 0.1) is 44.6 Å². The normalized spacial score (nSPS) is 27.2. The summed E-state index contributed by atoms with van der Waals surface area (Å²) in [6, 6.07) is 10.1. The van der Waals surface area contributed by atoms with E-state index in [1.54, 1.807) is 31.3 Å². The highest BCUT2D eigenvalue weighted by Gasteiger charge is 2.65. The number of methoxy groups -OCH3 is 2. The molecule has 1 unspecified atom stereocenters. The number of oxime groups is 1. The SMILES string of the molecule is C=CCO[C@@]12Oc3ccc(Oc4ccc(OC)c(C=O)c4)cc3[C@H]3[C@H](CCCCO)[C@@H](CCCCO)C=C(C(=NOC4CCCCO4)C[C@@H]1N(C)C(=O)OC)[C@H]32. The van der Waals surface area contributed by atoms with Gasteiger partial charge in [0.25, 0.3) is 0 Å². The predicted molar refractivity (Wildman–Crippen MR) is 208 cm³/mol. The van der Waals surface area contributed by atoms with Gasteiger partial charge < -0.3 is 48.4 Å². The number of aliphatic hydroxyl groups is 2. The van der Waals surface area contributed by atoms with Crippen molar-refractivity contribution in [3.8, 4) is 23.0 Å². The van der Waals surface area contributed by atoms with E-state index in [-0.39, 0.29) is 44.0 Å². The maximum absolute atomic E-state index is 13.4. The van der Waals surface area contributed by atoms with E-state index in [1.807, 2.05) is 18.2 Å². The summed E-state index contributed by atoms with van der Waals surface area (Å²) in [6.45, 7) is 4.87. The third-order valence-electron chi connectivity index (χ3n) is 11.6. The zero-order valence-electron chi connectivity index (χ0n) is 32.7. The van der Waals surface area contributed by atoms with Gasteiger partial charge in [-0.15, -0.1) is 6.58 Å². The van der Waals surface area contributed by atoms with Crippen LogP contribution in [0.5, 0.6) is 23.0 Å². The molecule has 7 atom stereocenters. The average molecular weight is 777 g/mol. The number of benzene rings is 2. The number of hydrogen-bond acceptors (Lipinski definition) is 12. The van der Waals surface area contributed by atoms with Crippen molar-refractivity contribution >= 4 is 18.1 Å². The molecule has 2 aromatic carbocycles. The Balaban J connectivity index is 1.55. The van der Waals surface area contributed by atoms with Gasteiger partial charge in [-0.25, -0.2) is 4.79 Å². The van der Waals surface area contributed by atoms with Gasteiger partial charge in [-0.3, -0.25) is 4.79 Å². The molecule has 2 heterocycles. The monoisotopic (exact) mass is 776 g/mol. The minimum Gasteiger partial charge on any atom is -0.496 e. The number of aldehydes is 1. The fraction of sp³-hybridized carbons (Fsp3) is 0.558. The summed E-state index contributed by atoms with van der Waals surface area (Å²) in [4.78, 5) is 32.9. The lowest BCUT2D eigenvalue weighted by molar-refractivity contribution is -0.253. The molecule has 13 heteroatoms. The van der Waals surface area contributed by atoms with Crippen LogP contribution in [0.3, 0.4) is 0 Å². The Bertz CT molecular complexity index is 1740. The van der Waals surface area contributed by atoms with Gasteiger partial charge in [-0.1, -0.05) is 30.1 Å². The Morgan fingerprint density at radius 1 is 1.05 bits per heavy atom. The molecule has 13 nitrogen and oxygen atoms in total. The van der Waals surface area contributed by atoms with Gasteiger partial charge in [0, 0.05) is 44.6 Å². The summed E-state index contributed by atoms with van der Waals surface area (Å²) in [5.74, 6) is 0.0148. The van der Waals surface area contributed by atoms with E-state index in [0.717, 1.165) is 62.4 Å². The number of ether oxygens (including phenoxy) is 6. The lowest BCUT2D eigenvalue weighted by atomic mass is 9.55. The Morgan fingerprint density at radius 2 is 1.82 bits per heavy atom. The van der Waals surface area contributed by atoms with Crippen LogP contribution in [0.2, 0.25) is 0 Å². The molecule has 1 saturated heterocycles. The van der Waals surface area contributed by atoms with Crippen molar-refractivity contribution in [3.63, 3.8) is 0 Å². The van der Waals surface area contributed by atoms with E-state index in [2.05, 4.69) is 12.7 Å². The molecule has 1 amide bonds. The molecule has 0 bridgehead atoms. The molecule has 0 aromatic heterocycles. The van der Waals surface area contributed by atoms with Gasteiger partial charge in [0.2, 0.25) is 12.1 Å². The van der Waals surface area contributed by atoms with E-state index in [1.165, 1.54) is 19.1 Å². The number of carbonyl (C=O) groups excluding carboxylic acids is 2. The molecule has 56 heavy (non-hydrogen) atoms. The fourth-order valence-corrected chi connectivity index (χ4v) is 8.98. The van der Waals surface area contributed by atoms with Crippen molar-refractivity contribution in [2.45, 2.75) is 88.2 Å². The first-order valence-electron chi connectivity index (χ1n) is 19.8. The van der Waals surface area contributed by atoms with Gasteiger partial charge in [0.15, 0.2) is 6.29 Å². The molecule has 2 N–H and O–H groups in total. The third kappa shape index (κ3) is 8.61. The first-order chi connectivity index (χ1) is 27.3. The Labute approximate surface area is 329 Å². The Morgan fingerprint density at radius 3 is 2.52 bits per heavy atom. The van der Waals surface area contributed by atoms with Crippen molar-refractivity contribution in [1.82, 2.24) is 4.90 Å². The maximum Gasteiger partial charge on any atom is 0.409 e. The van der Waals surface area contributed by atoms with Gasteiger partial charge in [0.1, 0.15) is 29.0 Å². The summed E-state index contributed by atoms with van der Waals surface area (Å²) in [5.41, 5.74) is 2.86. The van der Waals surface area contributed by atoms with E-state index >= 15 is 0 Å². The second kappa shape index (κ2) is 19.1. The van der Waals surface area contributed by atoms with E-state index in [0.29, 0.717) is 53.7 Å². The molecule has 4 aliphatic rings. The second-order valence-electron chi connectivity index (χ2n) is 14.9.